The summed E-state index contributed by atoms with van der Waals surface area (Å²) in [5.74, 6) is -1.48. The van der Waals surface area contributed by atoms with Crippen LogP contribution in [-0.2, 0) is 0 Å². The quantitative estimate of drug-likeness (QED) is 0.893. The zero-order valence-corrected chi connectivity index (χ0v) is 10.4. The molecule has 1 nitrogen and oxygen atoms in total. The molecule has 0 spiro atoms. The first-order valence-corrected chi connectivity index (χ1v) is 6.07. The van der Waals surface area contributed by atoms with Crippen LogP contribution < -0.4 is 0 Å². The fourth-order valence-corrected chi connectivity index (χ4v) is 2.81. The van der Waals surface area contributed by atoms with E-state index in [9.17, 15) is 13.9 Å². The molecule has 0 saturated heterocycles. The summed E-state index contributed by atoms with van der Waals surface area (Å²) < 4.78 is 27.6. The first kappa shape index (κ1) is 11.7. The van der Waals surface area contributed by atoms with Crippen LogP contribution in [-0.4, -0.2) is 5.11 Å². The smallest absolute Gasteiger partial charge is 0.132 e. The van der Waals surface area contributed by atoms with Crippen LogP contribution in [0.2, 0.25) is 0 Å². The molecule has 1 aromatic heterocycles. The lowest BCUT2D eigenvalue weighted by Gasteiger charge is -2.10. The van der Waals surface area contributed by atoms with Gasteiger partial charge in [-0.2, -0.15) is 0 Å². The van der Waals surface area contributed by atoms with Crippen LogP contribution in [0, 0.1) is 11.6 Å². The Kier molecular flexibility index (Phi) is 3.37. The Labute approximate surface area is 103 Å². The average molecular weight is 305 g/mol. The molecule has 1 N–H and O–H groups in total. The van der Waals surface area contributed by atoms with Gasteiger partial charge in [0, 0.05) is 4.88 Å². The highest BCUT2D eigenvalue weighted by atomic mass is 79.9. The molecule has 0 aliphatic rings. The summed E-state index contributed by atoms with van der Waals surface area (Å²) in [7, 11) is 0. The normalized spacial score (nSPS) is 12.8. The van der Waals surface area contributed by atoms with Gasteiger partial charge in [0.15, 0.2) is 0 Å². The van der Waals surface area contributed by atoms with Gasteiger partial charge in [-0.05, 0) is 40.2 Å². The number of rotatable bonds is 2. The highest BCUT2D eigenvalue weighted by molar-refractivity contribution is 9.11. The highest BCUT2D eigenvalue weighted by Gasteiger charge is 2.20. The number of benzene rings is 1. The van der Waals surface area contributed by atoms with Crippen molar-refractivity contribution in [3.05, 3.63) is 56.2 Å². The minimum Gasteiger partial charge on any atom is -0.383 e. The molecule has 5 heteroatoms. The number of thiophene rings is 1. The highest BCUT2D eigenvalue weighted by Crippen LogP contribution is 2.33. The molecule has 0 fully saturated rings. The van der Waals surface area contributed by atoms with E-state index in [-0.39, 0.29) is 5.56 Å². The Hall–Kier alpha value is -0.780. The third-order valence-corrected chi connectivity index (χ3v) is 3.81. The molecule has 0 bridgehead atoms. The third kappa shape index (κ3) is 2.16. The number of hydrogen-bond donors (Lipinski definition) is 1. The van der Waals surface area contributed by atoms with Crippen molar-refractivity contribution in [2.45, 2.75) is 6.10 Å². The van der Waals surface area contributed by atoms with Gasteiger partial charge in [-0.15, -0.1) is 11.3 Å². The van der Waals surface area contributed by atoms with E-state index < -0.39 is 17.7 Å². The first-order valence-electron chi connectivity index (χ1n) is 4.47. The van der Waals surface area contributed by atoms with Crippen molar-refractivity contribution in [2.24, 2.45) is 0 Å². The standard InChI is InChI=1S/C11H7BrF2OS/c12-9-5-4-8(16-9)11(15)10-6(13)2-1-3-7(10)14/h1-5,11,15H. The predicted molar refractivity (Wildman–Crippen MR) is 62.4 cm³/mol. The fraction of sp³-hybridized carbons (Fsp3) is 0.0909. The van der Waals surface area contributed by atoms with Crippen molar-refractivity contribution in [2.75, 3.05) is 0 Å². The molecule has 0 amide bonds. The monoisotopic (exact) mass is 304 g/mol. The maximum Gasteiger partial charge on any atom is 0.132 e. The van der Waals surface area contributed by atoms with Crippen molar-refractivity contribution in [1.82, 2.24) is 0 Å². The van der Waals surface area contributed by atoms with E-state index in [0.29, 0.717) is 4.88 Å². The Morgan fingerprint density at radius 3 is 2.25 bits per heavy atom. The summed E-state index contributed by atoms with van der Waals surface area (Å²) in [4.78, 5) is 0.496. The second-order valence-corrected chi connectivity index (χ2v) is 5.67. The topological polar surface area (TPSA) is 20.2 Å². The number of hydrogen-bond acceptors (Lipinski definition) is 2. The first-order chi connectivity index (χ1) is 7.59. The summed E-state index contributed by atoms with van der Waals surface area (Å²) in [6, 6.07) is 6.88. The zero-order chi connectivity index (χ0) is 11.7. The van der Waals surface area contributed by atoms with Crippen molar-refractivity contribution >= 4 is 27.3 Å². The molecule has 1 unspecified atom stereocenters. The van der Waals surface area contributed by atoms with Crippen molar-refractivity contribution in [3.63, 3.8) is 0 Å². The predicted octanol–water partition coefficient (Wildman–Crippen LogP) is 3.87. The lowest BCUT2D eigenvalue weighted by atomic mass is 10.1. The summed E-state index contributed by atoms with van der Waals surface area (Å²) in [6.45, 7) is 0. The maximum atomic E-state index is 13.4. The van der Waals surface area contributed by atoms with E-state index in [0.717, 1.165) is 15.9 Å². The second kappa shape index (κ2) is 4.61. The van der Waals surface area contributed by atoms with E-state index in [1.807, 2.05) is 0 Å². The molecule has 0 saturated carbocycles. The van der Waals surface area contributed by atoms with E-state index in [1.165, 1.54) is 17.4 Å². The van der Waals surface area contributed by atoms with Crippen molar-refractivity contribution < 1.29 is 13.9 Å². The van der Waals surface area contributed by atoms with Gasteiger partial charge in [0.05, 0.1) is 9.35 Å². The molecule has 0 aliphatic heterocycles. The Morgan fingerprint density at radius 2 is 1.75 bits per heavy atom. The number of aliphatic hydroxyl groups is 1. The van der Waals surface area contributed by atoms with Gasteiger partial charge >= 0.3 is 0 Å². The van der Waals surface area contributed by atoms with E-state index in [2.05, 4.69) is 15.9 Å². The summed E-state index contributed by atoms with van der Waals surface area (Å²) in [5.41, 5.74) is -0.308. The molecule has 1 aromatic carbocycles. The lowest BCUT2D eigenvalue weighted by molar-refractivity contribution is 0.213. The van der Waals surface area contributed by atoms with E-state index in [4.69, 9.17) is 0 Å². The van der Waals surface area contributed by atoms with Crippen molar-refractivity contribution in [3.8, 4) is 0 Å². The van der Waals surface area contributed by atoms with Crippen molar-refractivity contribution in [1.29, 1.82) is 0 Å². The minimum absolute atomic E-state index is 0.308. The third-order valence-electron chi connectivity index (χ3n) is 2.14. The lowest BCUT2D eigenvalue weighted by Crippen LogP contribution is -2.03. The second-order valence-electron chi connectivity index (χ2n) is 3.18. The average Bonchev–Trinajstić information content (AvgIpc) is 2.64. The molecule has 2 aromatic rings. The molecule has 1 heterocycles. The van der Waals surface area contributed by atoms with Gasteiger partial charge < -0.3 is 5.11 Å². The summed E-state index contributed by atoms with van der Waals surface area (Å²) in [6.07, 6.45) is -1.27. The van der Waals surface area contributed by atoms with E-state index >= 15 is 0 Å². The maximum absolute atomic E-state index is 13.4. The largest absolute Gasteiger partial charge is 0.383 e. The van der Waals surface area contributed by atoms with Crippen LogP contribution in [0.5, 0.6) is 0 Å². The summed E-state index contributed by atoms with van der Waals surface area (Å²) in [5, 5.41) is 9.88. The molecular formula is C11H7BrF2OS. The van der Waals surface area contributed by atoms with Crippen LogP contribution in [0.1, 0.15) is 16.5 Å². The SMILES string of the molecule is OC(c1ccc(Br)s1)c1c(F)cccc1F. The molecular weight excluding hydrogens is 298 g/mol. The van der Waals surface area contributed by atoms with Crippen LogP contribution in [0.3, 0.4) is 0 Å². The Morgan fingerprint density at radius 1 is 1.12 bits per heavy atom. The Bertz CT molecular complexity index is 492. The molecule has 16 heavy (non-hydrogen) atoms. The van der Waals surface area contributed by atoms with Crippen LogP contribution >= 0.6 is 27.3 Å². The van der Waals surface area contributed by atoms with Gasteiger partial charge in [-0.3, -0.25) is 0 Å². The van der Waals surface area contributed by atoms with Crippen LogP contribution in [0.15, 0.2) is 34.1 Å². The molecule has 1 atom stereocenters. The van der Waals surface area contributed by atoms with Gasteiger partial charge in [-0.1, -0.05) is 6.07 Å². The van der Waals surface area contributed by atoms with E-state index in [1.54, 1.807) is 12.1 Å². The van der Waals surface area contributed by atoms with Gasteiger partial charge in [0.1, 0.15) is 17.7 Å². The van der Waals surface area contributed by atoms with Crippen LogP contribution in [0.25, 0.3) is 0 Å². The number of halogens is 3. The Balaban J connectivity index is 2.45. The molecule has 0 radical (unpaired) electrons. The number of aliphatic hydroxyl groups excluding tert-OH is 1. The van der Waals surface area contributed by atoms with Gasteiger partial charge in [0.2, 0.25) is 0 Å². The summed E-state index contributed by atoms with van der Waals surface area (Å²) >= 11 is 4.47. The minimum atomic E-state index is -1.27. The molecule has 84 valence electrons. The molecule has 0 aliphatic carbocycles. The zero-order valence-electron chi connectivity index (χ0n) is 7.95. The van der Waals surface area contributed by atoms with Gasteiger partial charge in [-0.25, -0.2) is 8.78 Å². The fourth-order valence-electron chi connectivity index (χ4n) is 1.39. The molecule has 2 rings (SSSR count). The van der Waals surface area contributed by atoms with Crippen LogP contribution in [0.4, 0.5) is 8.78 Å². The van der Waals surface area contributed by atoms with Gasteiger partial charge in [0.25, 0.3) is 0 Å².